The van der Waals surface area contributed by atoms with Gasteiger partial charge in [0, 0.05) is 26.2 Å². The lowest BCUT2D eigenvalue weighted by molar-refractivity contribution is -0.000439. The Morgan fingerprint density at radius 1 is 1.18 bits per heavy atom. The second-order valence-electron chi connectivity index (χ2n) is 11.9. The lowest BCUT2D eigenvalue weighted by Gasteiger charge is -2.45. The van der Waals surface area contributed by atoms with Crippen LogP contribution in [0.3, 0.4) is 0 Å². The van der Waals surface area contributed by atoms with Crippen LogP contribution < -0.4 is 0 Å². The van der Waals surface area contributed by atoms with Crippen molar-refractivity contribution in [1.82, 2.24) is 9.80 Å². The SMILES string of the molecule is CC(C)=CC[C@H]1O[C@@]1(C)C1OC12CCC(OC(=O)N1CC(CCN3CC(C)(C#N)C3)C1)CC2. The first-order valence-corrected chi connectivity index (χ1v) is 12.7. The molecule has 5 aliphatic rings. The minimum atomic E-state index is -0.157. The molecule has 0 aromatic heterocycles. The number of carbonyl (C=O) groups excluding carboxylic acids is 1. The zero-order valence-corrected chi connectivity index (χ0v) is 20.6. The molecule has 7 heteroatoms. The second kappa shape index (κ2) is 8.25. The molecule has 1 spiro atoms. The second-order valence-corrected chi connectivity index (χ2v) is 11.9. The molecule has 5 fully saturated rings. The van der Waals surface area contributed by atoms with Crippen molar-refractivity contribution in [3.63, 3.8) is 0 Å². The van der Waals surface area contributed by atoms with E-state index in [1.165, 1.54) is 5.57 Å². The van der Waals surface area contributed by atoms with Crippen molar-refractivity contribution < 1.29 is 19.0 Å². The van der Waals surface area contributed by atoms with E-state index in [1.54, 1.807) is 0 Å². The molecule has 3 atom stereocenters. The number of nitriles is 1. The van der Waals surface area contributed by atoms with Crippen molar-refractivity contribution in [3.8, 4) is 6.07 Å². The van der Waals surface area contributed by atoms with Crippen LogP contribution in [0.4, 0.5) is 4.79 Å². The minimum absolute atomic E-state index is 0.00571. The van der Waals surface area contributed by atoms with Crippen LogP contribution in [0, 0.1) is 22.7 Å². The molecular weight excluding hydrogens is 418 g/mol. The van der Waals surface area contributed by atoms with E-state index in [1.807, 2.05) is 11.8 Å². The predicted octanol–water partition coefficient (Wildman–Crippen LogP) is 3.88. The summed E-state index contributed by atoms with van der Waals surface area (Å²) in [4.78, 5) is 16.7. The highest BCUT2D eigenvalue weighted by Gasteiger charge is 2.73. The Bertz CT molecular complexity index is 842. The van der Waals surface area contributed by atoms with Crippen molar-refractivity contribution in [2.75, 3.05) is 32.7 Å². The molecule has 182 valence electrons. The Hall–Kier alpha value is -1.62. The number of rotatable bonds is 7. The van der Waals surface area contributed by atoms with E-state index in [9.17, 15) is 4.79 Å². The molecule has 0 N–H and O–H groups in total. The van der Waals surface area contributed by atoms with Gasteiger partial charge < -0.3 is 24.0 Å². The van der Waals surface area contributed by atoms with E-state index < -0.39 is 0 Å². The number of amides is 1. The third-order valence-electron chi connectivity index (χ3n) is 8.54. The van der Waals surface area contributed by atoms with E-state index in [4.69, 9.17) is 19.5 Å². The Morgan fingerprint density at radius 2 is 1.88 bits per heavy atom. The van der Waals surface area contributed by atoms with Crippen LogP contribution in [0.1, 0.15) is 66.2 Å². The van der Waals surface area contributed by atoms with E-state index in [0.29, 0.717) is 5.92 Å². The van der Waals surface area contributed by atoms with Gasteiger partial charge in [-0.25, -0.2) is 4.79 Å². The molecule has 33 heavy (non-hydrogen) atoms. The van der Waals surface area contributed by atoms with Crippen LogP contribution >= 0.6 is 0 Å². The number of likely N-dealkylation sites (tertiary alicyclic amines) is 2. The topological polar surface area (TPSA) is 81.6 Å². The summed E-state index contributed by atoms with van der Waals surface area (Å²) in [5, 5.41) is 9.11. The molecule has 7 nitrogen and oxygen atoms in total. The number of epoxide rings is 2. The summed E-state index contributed by atoms with van der Waals surface area (Å²) in [6.45, 7) is 12.8. The highest BCUT2D eigenvalue weighted by Crippen LogP contribution is 2.60. The molecule has 0 bridgehead atoms. The third-order valence-corrected chi connectivity index (χ3v) is 8.54. The smallest absolute Gasteiger partial charge is 0.410 e. The lowest BCUT2D eigenvalue weighted by Crippen LogP contribution is -2.56. The van der Waals surface area contributed by atoms with Gasteiger partial charge in [0.1, 0.15) is 17.8 Å². The quantitative estimate of drug-likeness (QED) is 0.426. The fourth-order valence-electron chi connectivity index (χ4n) is 6.20. The molecule has 4 heterocycles. The van der Waals surface area contributed by atoms with Gasteiger partial charge >= 0.3 is 6.09 Å². The first-order valence-electron chi connectivity index (χ1n) is 12.7. The minimum Gasteiger partial charge on any atom is -0.446 e. The standard InChI is InChI=1S/C26H39N3O4/c1-18(2)5-6-21-25(4,32-21)22-26(33-22)10-7-20(8-11-26)31-23(30)29-13-19(14-29)9-12-28-16-24(3,15-27)17-28/h5,19-22H,6-14,16-17H2,1-4H3/t20?,21-,22?,25-,26?/m1/s1. The van der Waals surface area contributed by atoms with Gasteiger partial charge in [0.05, 0.1) is 23.2 Å². The van der Waals surface area contributed by atoms with E-state index in [0.717, 1.165) is 71.2 Å². The van der Waals surface area contributed by atoms with Crippen LogP contribution in [-0.2, 0) is 14.2 Å². The Morgan fingerprint density at radius 3 is 2.52 bits per heavy atom. The number of carbonyl (C=O) groups is 1. The van der Waals surface area contributed by atoms with Crippen molar-refractivity contribution in [2.24, 2.45) is 11.3 Å². The van der Waals surface area contributed by atoms with Gasteiger partial charge in [-0.1, -0.05) is 11.6 Å². The number of hydrogen-bond donors (Lipinski definition) is 0. The monoisotopic (exact) mass is 457 g/mol. The zero-order chi connectivity index (χ0) is 23.4. The van der Waals surface area contributed by atoms with E-state index in [-0.39, 0.29) is 41.0 Å². The maximum absolute atomic E-state index is 12.5. The Balaban J connectivity index is 0.974. The summed E-state index contributed by atoms with van der Waals surface area (Å²) in [6.07, 6.45) is 8.25. The summed E-state index contributed by atoms with van der Waals surface area (Å²) >= 11 is 0. The van der Waals surface area contributed by atoms with Crippen molar-refractivity contribution in [1.29, 1.82) is 5.26 Å². The van der Waals surface area contributed by atoms with Crippen molar-refractivity contribution in [2.45, 2.75) is 95.7 Å². The van der Waals surface area contributed by atoms with Gasteiger partial charge in [0.15, 0.2) is 0 Å². The highest BCUT2D eigenvalue weighted by molar-refractivity contribution is 5.68. The largest absolute Gasteiger partial charge is 0.446 e. The maximum atomic E-state index is 12.5. The third kappa shape index (κ3) is 4.54. The molecule has 0 aromatic rings. The number of ether oxygens (including phenoxy) is 3. The van der Waals surface area contributed by atoms with Gasteiger partial charge in [-0.3, -0.25) is 0 Å². The summed E-state index contributed by atoms with van der Waals surface area (Å²) in [5.74, 6) is 0.556. The summed E-state index contributed by atoms with van der Waals surface area (Å²) in [5.41, 5.74) is 0.966. The van der Waals surface area contributed by atoms with Gasteiger partial charge in [0.25, 0.3) is 0 Å². The number of allylic oxidation sites excluding steroid dienone is 1. The molecule has 4 aliphatic heterocycles. The number of nitrogens with zero attached hydrogens (tertiary/aromatic N) is 3. The predicted molar refractivity (Wildman–Crippen MR) is 124 cm³/mol. The molecule has 0 aromatic carbocycles. The van der Waals surface area contributed by atoms with Crippen LogP contribution in [0.25, 0.3) is 0 Å². The first kappa shape index (κ1) is 23.1. The fourth-order valence-corrected chi connectivity index (χ4v) is 6.20. The molecule has 1 saturated carbocycles. The maximum Gasteiger partial charge on any atom is 0.410 e. The fraction of sp³-hybridized carbons (Fsp3) is 0.846. The average Bonchev–Trinajstić information content (AvgIpc) is 3.61. The van der Waals surface area contributed by atoms with E-state index >= 15 is 0 Å². The molecule has 4 saturated heterocycles. The molecule has 1 aliphatic carbocycles. The van der Waals surface area contributed by atoms with Crippen LogP contribution in [-0.4, -0.2) is 78.1 Å². The van der Waals surface area contributed by atoms with Gasteiger partial charge in [0.2, 0.25) is 0 Å². The average molecular weight is 458 g/mol. The lowest BCUT2D eigenvalue weighted by atomic mass is 9.80. The van der Waals surface area contributed by atoms with Crippen LogP contribution in [0.5, 0.6) is 0 Å². The van der Waals surface area contributed by atoms with Crippen molar-refractivity contribution >= 4 is 6.09 Å². The van der Waals surface area contributed by atoms with Gasteiger partial charge in [-0.2, -0.15) is 5.26 Å². The van der Waals surface area contributed by atoms with Gasteiger partial charge in [-0.05, 0) is 78.7 Å². The summed E-state index contributed by atoms with van der Waals surface area (Å²) in [6, 6.07) is 2.39. The summed E-state index contributed by atoms with van der Waals surface area (Å²) < 4.78 is 18.1. The number of hydrogen-bond acceptors (Lipinski definition) is 6. The molecule has 0 radical (unpaired) electrons. The Kier molecular flexibility index (Phi) is 5.78. The summed E-state index contributed by atoms with van der Waals surface area (Å²) in [7, 11) is 0. The van der Waals surface area contributed by atoms with Crippen LogP contribution in [0.15, 0.2) is 11.6 Å². The van der Waals surface area contributed by atoms with Crippen molar-refractivity contribution in [3.05, 3.63) is 11.6 Å². The first-order chi connectivity index (χ1) is 15.6. The molecule has 1 unspecified atom stereocenters. The highest BCUT2D eigenvalue weighted by atomic mass is 16.7. The zero-order valence-electron chi connectivity index (χ0n) is 20.6. The van der Waals surface area contributed by atoms with E-state index in [2.05, 4.69) is 37.8 Å². The molecule has 1 amide bonds. The van der Waals surface area contributed by atoms with Crippen LogP contribution in [0.2, 0.25) is 0 Å². The molecule has 5 rings (SSSR count). The Labute approximate surface area is 198 Å². The normalized spacial score (nSPS) is 39.2. The van der Waals surface area contributed by atoms with Gasteiger partial charge in [-0.15, -0.1) is 0 Å². The molecular formula is C26H39N3O4.